The quantitative estimate of drug-likeness (QED) is 0.0796. The normalized spacial score (nSPS) is 12.1. The maximum absolute atomic E-state index is 12.7. The van der Waals surface area contributed by atoms with Crippen LogP contribution in [0.3, 0.4) is 0 Å². The van der Waals surface area contributed by atoms with Crippen molar-refractivity contribution in [1.29, 1.82) is 0 Å². The summed E-state index contributed by atoms with van der Waals surface area (Å²) in [6.07, 6.45) is 0. The molecule has 3 aromatic carbocycles. The monoisotopic (exact) mass is 749 g/mol. The van der Waals surface area contributed by atoms with Crippen LogP contribution in [0, 0.1) is 0 Å². The first kappa shape index (κ1) is 45.2. The van der Waals surface area contributed by atoms with Gasteiger partial charge in [-0.3, -0.25) is 8.98 Å². The average Bonchev–Trinajstić information content (AvgIpc) is 2.85. The first-order valence-electron chi connectivity index (χ1n) is 11.1. The molecular formula is C21H18N3Na3O15S4. The van der Waals surface area contributed by atoms with Gasteiger partial charge in [0.2, 0.25) is 16.3 Å². The van der Waals surface area contributed by atoms with E-state index in [9.17, 15) is 57.2 Å². The van der Waals surface area contributed by atoms with Crippen molar-refractivity contribution in [3.8, 4) is 11.5 Å². The van der Waals surface area contributed by atoms with Crippen molar-refractivity contribution in [3.05, 3.63) is 36.4 Å². The number of aromatic hydroxyl groups is 1. The van der Waals surface area contributed by atoms with E-state index in [0.717, 1.165) is 32.2 Å². The Bertz CT molecular complexity index is 2110. The standard InChI is InChI=1S/C21H21N3O15S4.3Na/c1-11(25)22-15-10-14(41(29,30)31)7-12-8-18(42(32,33)34)20(21(26)19(12)15)24-23-13-3-4-16(38-2)17(9-13)40(27,28)6-5-39-43(35,36)37;;;/h3-4,7-10,26H,5-6H2,1-2H3,(H,22,25)(H,29,30,31)(H,32,33,34)(H,35,36,37);;;/q;3*+1/p-3. The molecule has 0 aliphatic heterocycles. The van der Waals surface area contributed by atoms with Gasteiger partial charge in [0.15, 0.2) is 15.6 Å². The Morgan fingerprint density at radius 2 is 1.48 bits per heavy atom. The maximum atomic E-state index is 12.7. The molecule has 0 saturated heterocycles. The Balaban J connectivity index is 0.00000675. The molecule has 18 nitrogen and oxygen atoms in total. The number of rotatable bonds is 11. The van der Waals surface area contributed by atoms with Gasteiger partial charge in [-0.05, 0) is 41.8 Å². The molecular weight excluding hydrogens is 731 g/mol. The number of carbonyl (C=O) groups is 1. The van der Waals surface area contributed by atoms with Gasteiger partial charge in [-0.1, -0.05) is 0 Å². The number of sulfone groups is 1. The molecule has 0 aromatic heterocycles. The molecule has 0 fully saturated rings. The summed E-state index contributed by atoms with van der Waals surface area (Å²) in [6, 6.07) is 4.97. The number of methoxy groups -OCH3 is 1. The minimum Gasteiger partial charge on any atom is -0.744 e. The molecule has 0 spiro atoms. The molecule has 0 aliphatic carbocycles. The number of ether oxygens (including phenoxy) is 1. The Morgan fingerprint density at radius 1 is 0.870 bits per heavy atom. The van der Waals surface area contributed by atoms with Crippen LogP contribution in [0.25, 0.3) is 10.8 Å². The second-order valence-electron chi connectivity index (χ2n) is 8.31. The van der Waals surface area contributed by atoms with Crippen LogP contribution in [0.5, 0.6) is 11.5 Å². The summed E-state index contributed by atoms with van der Waals surface area (Å²) < 4.78 is 137. The zero-order valence-electron chi connectivity index (χ0n) is 24.6. The largest absolute Gasteiger partial charge is 1.00 e. The second kappa shape index (κ2) is 17.2. The third-order valence-electron chi connectivity index (χ3n) is 5.32. The predicted octanol–water partition coefficient (Wildman–Crippen LogP) is -8.00. The van der Waals surface area contributed by atoms with Crippen LogP contribution < -0.4 is 98.7 Å². The zero-order chi connectivity index (χ0) is 32.5. The van der Waals surface area contributed by atoms with Gasteiger partial charge < -0.3 is 28.8 Å². The molecule has 3 rings (SSSR count). The summed E-state index contributed by atoms with van der Waals surface area (Å²) >= 11 is 0. The summed E-state index contributed by atoms with van der Waals surface area (Å²) in [5.41, 5.74) is -1.80. The van der Waals surface area contributed by atoms with Gasteiger partial charge in [0.1, 0.15) is 36.6 Å². The number of azo groups is 1. The fourth-order valence-electron chi connectivity index (χ4n) is 3.61. The fraction of sp³-hybridized carbons (Fsp3) is 0.190. The minimum absolute atomic E-state index is 0. The Kier molecular flexibility index (Phi) is 17.0. The smallest absolute Gasteiger partial charge is 0.744 e. The maximum Gasteiger partial charge on any atom is 1.00 e. The fourth-order valence-corrected chi connectivity index (χ4v) is 6.47. The third-order valence-corrected chi connectivity index (χ3v) is 9.13. The van der Waals surface area contributed by atoms with Crippen molar-refractivity contribution >= 4 is 74.2 Å². The summed E-state index contributed by atoms with van der Waals surface area (Å²) in [7, 11) is -19.1. The number of anilines is 1. The van der Waals surface area contributed by atoms with Crippen LogP contribution >= 0.6 is 0 Å². The molecule has 0 heterocycles. The first-order chi connectivity index (χ1) is 19.6. The van der Waals surface area contributed by atoms with Crippen molar-refractivity contribution in [2.45, 2.75) is 21.6 Å². The van der Waals surface area contributed by atoms with E-state index in [1.807, 2.05) is 0 Å². The van der Waals surface area contributed by atoms with E-state index in [-0.39, 0.29) is 100 Å². The second-order valence-corrected chi connectivity index (χ2v) is 14.2. The van der Waals surface area contributed by atoms with Gasteiger partial charge in [-0.25, -0.2) is 33.7 Å². The van der Waals surface area contributed by atoms with Crippen LogP contribution in [0.4, 0.5) is 17.1 Å². The van der Waals surface area contributed by atoms with Crippen molar-refractivity contribution in [2.24, 2.45) is 10.2 Å². The van der Waals surface area contributed by atoms with Crippen molar-refractivity contribution < 1.29 is 155 Å². The van der Waals surface area contributed by atoms with Crippen molar-refractivity contribution in [3.63, 3.8) is 0 Å². The van der Waals surface area contributed by atoms with Gasteiger partial charge in [-0.2, -0.15) is 5.11 Å². The number of nitrogens with zero attached hydrogens (tertiary/aromatic N) is 2. The van der Waals surface area contributed by atoms with E-state index in [1.165, 1.54) is 0 Å². The summed E-state index contributed by atoms with van der Waals surface area (Å²) in [6.45, 7) is -0.0376. The van der Waals surface area contributed by atoms with Gasteiger partial charge in [0.05, 0.1) is 40.6 Å². The summed E-state index contributed by atoms with van der Waals surface area (Å²) in [5.74, 6) is -3.14. The minimum atomic E-state index is -5.48. The van der Waals surface area contributed by atoms with E-state index in [2.05, 4.69) is 19.7 Å². The molecule has 2 N–H and O–H groups in total. The molecule has 0 saturated carbocycles. The molecule has 3 aromatic rings. The van der Waals surface area contributed by atoms with E-state index < -0.39 is 101 Å². The number of hydrogen-bond donors (Lipinski definition) is 2. The topological polar surface area (TPSA) is 298 Å². The van der Waals surface area contributed by atoms with Crippen LogP contribution in [0.2, 0.25) is 0 Å². The van der Waals surface area contributed by atoms with Crippen molar-refractivity contribution in [1.82, 2.24) is 0 Å². The van der Waals surface area contributed by atoms with E-state index in [1.54, 1.807) is 0 Å². The number of fused-ring (bicyclic) bond motifs is 1. The number of phenolic OH excluding ortho intramolecular Hbond substituents is 1. The Hall–Kier alpha value is -0.770. The molecule has 0 bridgehead atoms. The number of phenols is 1. The Labute approximate surface area is 329 Å². The molecule has 46 heavy (non-hydrogen) atoms. The number of hydrogen-bond acceptors (Lipinski definition) is 17. The molecule has 25 heteroatoms. The Morgan fingerprint density at radius 3 is 1.98 bits per heavy atom. The number of nitrogens with one attached hydrogen (secondary N) is 1. The number of amides is 1. The van der Waals surface area contributed by atoms with Crippen LogP contribution in [-0.4, -0.2) is 77.8 Å². The van der Waals surface area contributed by atoms with Gasteiger partial charge >= 0.3 is 88.7 Å². The number of carbonyl (C=O) groups excluding carboxylic acids is 1. The summed E-state index contributed by atoms with van der Waals surface area (Å²) in [4.78, 5) is 8.96. The third kappa shape index (κ3) is 11.7. The van der Waals surface area contributed by atoms with E-state index in [4.69, 9.17) is 4.74 Å². The molecule has 1 amide bonds. The molecule has 234 valence electrons. The summed E-state index contributed by atoms with van der Waals surface area (Å²) in [5, 5.41) is 19.5. The number of benzene rings is 3. The van der Waals surface area contributed by atoms with Gasteiger partial charge in [0, 0.05) is 12.3 Å². The first-order valence-corrected chi connectivity index (χ1v) is 16.9. The average molecular weight is 750 g/mol. The zero-order valence-corrected chi connectivity index (χ0v) is 33.8. The van der Waals surface area contributed by atoms with Gasteiger partial charge in [0.25, 0.3) is 0 Å². The molecule has 0 atom stereocenters. The van der Waals surface area contributed by atoms with E-state index >= 15 is 0 Å². The van der Waals surface area contributed by atoms with E-state index in [0.29, 0.717) is 18.2 Å². The molecule has 0 aliphatic rings. The SMILES string of the molecule is COc1ccc(N=Nc2c(S(=O)(=O)[O-])cc3cc(S(=O)(=O)[O-])cc(NC(C)=O)c3c2O)cc1S(=O)(=O)CCOS(=O)(=O)[O-].[Na+].[Na+].[Na+]. The van der Waals surface area contributed by atoms with Gasteiger partial charge in [-0.15, -0.1) is 5.11 Å². The van der Waals surface area contributed by atoms with Crippen molar-refractivity contribution in [2.75, 3.05) is 24.8 Å². The van der Waals surface area contributed by atoms with Crippen LogP contribution in [0.15, 0.2) is 61.3 Å². The van der Waals surface area contributed by atoms with Crippen LogP contribution in [-0.2, 0) is 49.5 Å². The predicted molar refractivity (Wildman–Crippen MR) is 141 cm³/mol. The molecule has 0 unspecified atom stereocenters. The van der Waals surface area contributed by atoms with Crippen LogP contribution in [0.1, 0.15) is 6.92 Å². The molecule has 0 radical (unpaired) electrons.